The molecule has 0 aliphatic carbocycles. The van der Waals surface area contributed by atoms with Gasteiger partial charge in [0.05, 0.1) is 11.6 Å². The molecule has 2 aromatic rings. The van der Waals surface area contributed by atoms with E-state index in [4.69, 9.17) is 12.2 Å². The van der Waals surface area contributed by atoms with Crippen molar-refractivity contribution in [3.8, 4) is 0 Å². The van der Waals surface area contributed by atoms with Crippen LogP contribution in [0.2, 0.25) is 0 Å². The Morgan fingerprint density at radius 2 is 1.77 bits per heavy atom. The highest BCUT2D eigenvalue weighted by atomic mass is 32.1. The molecule has 1 heterocycles. The number of thiocarbonyl (C=S) groups is 1. The molecule has 1 aliphatic heterocycles. The number of carbonyl (C=O) groups excluding carboxylic acids is 1. The van der Waals surface area contributed by atoms with Gasteiger partial charge < -0.3 is 16.0 Å². The highest BCUT2D eigenvalue weighted by Gasteiger charge is 2.30. The molecule has 2 aromatic carbocycles. The molecule has 1 aliphatic rings. The van der Waals surface area contributed by atoms with Gasteiger partial charge in [-0.2, -0.15) is 0 Å². The minimum absolute atomic E-state index is 0.111. The summed E-state index contributed by atoms with van der Waals surface area (Å²) in [6, 6.07) is 8.10. The second-order valence-electron chi connectivity index (χ2n) is 5.70. The Hall–Kier alpha value is -2.87. The lowest BCUT2D eigenvalue weighted by Crippen LogP contribution is -2.45. The van der Waals surface area contributed by atoms with Gasteiger partial charge in [0, 0.05) is 17.5 Å². The van der Waals surface area contributed by atoms with Crippen LogP contribution >= 0.6 is 12.2 Å². The number of nitrogens with one attached hydrogen (secondary N) is 3. The van der Waals surface area contributed by atoms with Crippen LogP contribution in [0.4, 0.5) is 18.9 Å². The lowest BCUT2D eigenvalue weighted by molar-refractivity contribution is -0.113. The second kappa shape index (κ2) is 7.17. The molecule has 0 fully saturated rings. The maximum absolute atomic E-state index is 13.4. The van der Waals surface area contributed by atoms with Crippen molar-refractivity contribution < 1.29 is 18.0 Å². The molecule has 0 radical (unpaired) electrons. The normalized spacial score (nSPS) is 16.8. The molecule has 4 nitrogen and oxygen atoms in total. The van der Waals surface area contributed by atoms with Crippen molar-refractivity contribution in [1.29, 1.82) is 0 Å². The zero-order valence-electron chi connectivity index (χ0n) is 13.6. The molecule has 0 saturated heterocycles. The standard InChI is InChI=1S/C18H14F3N3OS/c1-9-15(17(25)23-12-6-7-13(20)14(21)8-12)16(24-18(26)22-9)10-2-4-11(19)5-3-10/h2-8,16H,1H3,(H,23,25)(H2,22,24,26). The molecular formula is C18H14F3N3OS. The highest BCUT2D eigenvalue weighted by Crippen LogP contribution is 2.28. The van der Waals surface area contributed by atoms with Crippen LogP contribution in [0.15, 0.2) is 53.7 Å². The smallest absolute Gasteiger partial charge is 0.255 e. The maximum Gasteiger partial charge on any atom is 0.255 e. The van der Waals surface area contributed by atoms with Gasteiger partial charge in [0.1, 0.15) is 5.82 Å². The van der Waals surface area contributed by atoms with E-state index in [1.165, 1.54) is 18.2 Å². The average molecular weight is 377 g/mol. The van der Waals surface area contributed by atoms with Gasteiger partial charge in [-0.3, -0.25) is 4.79 Å². The summed E-state index contributed by atoms with van der Waals surface area (Å²) in [5.41, 5.74) is 1.54. The Morgan fingerprint density at radius 1 is 1.08 bits per heavy atom. The largest absolute Gasteiger partial charge is 0.351 e. The van der Waals surface area contributed by atoms with Crippen LogP contribution < -0.4 is 16.0 Å². The van der Waals surface area contributed by atoms with E-state index in [1.54, 1.807) is 19.1 Å². The Morgan fingerprint density at radius 3 is 2.42 bits per heavy atom. The summed E-state index contributed by atoms with van der Waals surface area (Å²) in [5, 5.41) is 8.68. The Bertz CT molecular complexity index is 912. The molecule has 3 N–H and O–H groups in total. The van der Waals surface area contributed by atoms with Crippen molar-refractivity contribution in [2.75, 3.05) is 5.32 Å². The number of hydrogen-bond acceptors (Lipinski definition) is 2. The summed E-state index contributed by atoms with van der Waals surface area (Å²) in [6.07, 6.45) is 0. The molecule has 0 saturated carbocycles. The van der Waals surface area contributed by atoms with E-state index >= 15 is 0 Å². The summed E-state index contributed by atoms with van der Waals surface area (Å²) in [7, 11) is 0. The van der Waals surface area contributed by atoms with Crippen LogP contribution in [0.3, 0.4) is 0 Å². The van der Waals surface area contributed by atoms with Crippen molar-refractivity contribution in [2.24, 2.45) is 0 Å². The van der Waals surface area contributed by atoms with E-state index in [-0.39, 0.29) is 5.69 Å². The molecule has 134 valence electrons. The van der Waals surface area contributed by atoms with Gasteiger partial charge in [-0.25, -0.2) is 13.2 Å². The predicted octanol–water partition coefficient (Wildman–Crippen LogP) is 3.54. The predicted molar refractivity (Wildman–Crippen MR) is 95.7 cm³/mol. The van der Waals surface area contributed by atoms with Gasteiger partial charge in [0.25, 0.3) is 5.91 Å². The first-order valence-electron chi connectivity index (χ1n) is 7.65. The number of amides is 1. The molecular weight excluding hydrogens is 363 g/mol. The number of benzene rings is 2. The van der Waals surface area contributed by atoms with E-state index < -0.39 is 29.4 Å². The third-order valence-electron chi connectivity index (χ3n) is 3.89. The van der Waals surface area contributed by atoms with E-state index in [0.29, 0.717) is 21.9 Å². The van der Waals surface area contributed by atoms with Gasteiger partial charge >= 0.3 is 0 Å². The summed E-state index contributed by atoms with van der Waals surface area (Å²) in [6.45, 7) is 1.67. The van der Waals surface area contributed by atoms with Crippen LogP contribution in [0, 0.1) is 17.5 Å². The van der Waals surface area contributed by atoms with Crippen molar-refractivity contribution in [3.05, 3.63) is 76.7 Å². The third-order valence-corrected chi connectivity index (χ3v) is 4.11. The fourth-order valence-electron chi connectivity index (χ4n) is 2.67. The molecule has 0 aromatic heterocycles. The Balaban J connectivity index is 1.93. The lowest BCUT2D eigenvalue weighted by Gasteiger charge is -2.30. The minimum Gasteiger partial charge on any atom is -0.351 e. The van der Waals surface area contributed by atoms with E-state index in [9.17, 15) is 18.0 Å². The summed E-state index contributed by atoms with van der Waals surface area (Å²) in [5.74, 6) is -3.00. The van der Waals surface area contributed by atoms with Gasteiger partial charge in [-0.05, 0) is 49.0 Å². The first-order valence-corrected chi connectivity index (χ1v) is 8.06. The lowest BCUT2D eigenvalue weighted by atomic mass is 9.95. The van der Waals surface area contributed by atoms with Gasteiger partial charge in [-0.1, -0.05) is 12.1 Å². The molecule has 26 heavy (non-hydrogen) atoms. The second-order valence-corrected chi connectivity index (χ2v) is 6.11. The van der Waals surface area contributed by atoms with E-state index in [0.717, 1.165) is 12.1 Å². The number of carbonyl (C=O) groups is 1. The zero-order valence-corrected chi connectivity index (χ0v) is 14.4. The summed E-state index contributed by atoms with van der Waals surface area (Å²) < 4.78 is 39.6. The monoisotopic (exact) mass is 377 g/mol. The molecule has 1 amide bonds. The van der Waals surface area contributed by atoms with Gasteiger partial charge in [0.2, 0.25) is 0 Å². The molecule has 0 bridgehead atoms. The maximum atomic E-state index is 13.4. The van der Waals surface area contributed by atoms with Crippen LogP contribution in [-0.2, 0) is 4.79 Å². The van der Waals surface area contributed by atoms with Crippen LogP contribution in [0.5, 0.6) is 0 Å². The number of allylic oxidation sites excluding steroid dienone is 1. The van der Waals surface area contributed by atoms with E-state index in [1.807, 2.05) is 0 Å². The molecule has 8 heteroatoms. The first-order chi connectivity index (χ1) is 12.3. The zero-order chi connectivity index (χ0) is 18.8. The fraction of sp³-hybridized carbons (Fsp3) is 0.111. The highest BCUT2D eigenvalue weighted by molar-refractivity contribution is 7.80. The number of anilines is 1. The minimum atomic E-state index is -1.07. The van der Waals surface area contributed by atoms with Crippen molar-refractivity contribution in [3.63, 3.8) is 0 Å². The molecule has 1 unspecified atom stereocenters. The third kappa shape index (κ3) is 3.70. The van der Waals surface area contributed by atoms with Crippen molar-refractivity contribution in [1.82, 2.24) is 10.6 Å². The molecule has 3 rings (SSSR count). The molecule has 1 atom stereocenters. The van der Waals surface area contributed by atoms with Crippen molar-refractivity contribution in [2.45, 2.75) is 13.0 Å². The Kier molecular flexibility index (Phi) is 4.94. The first kappa shape index (κ1) is 17.9. The van der Waals surface area contributed by atoms with Gasteiger partial charge in [0.15, 0.2) is 16.7 Å². The summed E-state index contributed by atoms with van der Waals surface area (Å²) in [4.78, 5) is 12.7. The van der Waals surface area contributed by atoms with Gasteiger partial charge in [-0.15, -0.1) is 0 Å². The van der Waals surface area contributed by atoms with Crippen molar-refractivity contribution >= 4 is 28.9 Å². The number of halogens is 3. The summed E-state index contributed by atoms with van der Waals surface area (Å²) >= 11 is 5.13. The van der Waals surface area contributed by atoms with Crippen LogP contribution in [0.1, 0.15) is 18.5 Å². The topological polar surface area (TPSA) is 53.2 Å². The SMILES string of the molecule is CC1=C(C(=O)Nc2ccc(F)c(F)c2)C(c2ccc(F)cc2)NC(=S)N1. The number of rotatable bonds is 3. The molecule has 0 spiro atoms. The number of hydrogen-bond donors (Lipinski definition) is 3. The average Bonchev–Trinajstić information content (AvgIpc) is 2.58. The van der Waals surface area contributed by atoms with Crippen LogP contribution in [-0.4, -0.2) is 11.0 Å². The van der Waals surface area contributed by atoms with E-state index in [2.05, 4.69) is 16.0 Å². The van der Waals surface area contributed by atoms with Crippen LogP contribution in [0.25, 0.3) is 0 Å². The fourth-order valence-corrected chi connectivity index (χ4v) is 2.94. The Labute approximate surface area is 153 Å². The quantitative estimate of drug-likeness (QED) is 0.717.